The minimum absolute atomic E-state index is 0. The maximum Gasteiger partial charge on any atom is 0.243 e. The Morgan fingerprint density at radius 3 is 2.32 bits per heavy atom. The van der Waals surface area contributed by atoms with Crippen LogP contribution >= 0.6 is 24.0 Å². The van der Waals surface area contributed by atoms with Gasteiger partial charge in [0.05, 0.1) is 19.8 Å². The zero-order valence-electron chi connectivity index (χ0n) is 19.2. The number of likely N-dealkylation sites (N-methyl/N-ethyl adjacent to an activating group) is 1. The molecule has 0 radical (unpaired) electrons. The van der Waals surface area contributed by atoms with Gasteiger partial charge >= 0.3 is 0 Å². The van der Waals surface area contributed by atoms with Crippen molar-refractivity contribution < 1.29 is 14.3 Å². The average molecular weight is 546 g/mol. The van der Waals surface area contributed by atoms with E-state index >= 15 is 0 Å². The number of guanidine groups is 1. The molecule has 1 saturated carbocycles. The number of hydrogen-bond donors (Lipinski definition) is 2. The minimum Gasteiger partial charge on any atom is -0.497 e. The molecule has 1 fully saturated rings. The van der Waals surface area contributed by atoms with Gasteiger partial charge in [-0.1, -0.05) is 37.8 Å². The van der Waals surface area contributed by atoms with Crippen molar-refractivity contribution in [1.29, 1.82) is 0 Å². The number of carbonyl (C=O) groups excluding carboxylic acids is 1. The third-order valence-electron chi connectivity index (χ3n) is 5.29. The normalized spacial score (nSPS) is 14.9. The Morgan fingerprint density at radius 1 is 1.06 bits per heavy atom. The van der Waals surface area contributed by atoms with E-state index in [1.165, 1.54) is 44.1 Å². The number of nitrogens with one attached hydrogen (secondary N) is 2. The molecule has 0 bridgehead atoms. The summed E-state index contributed by atoms with van der Waals surface area (Å²) < 4.78 is 11.2. The summed E-state index contributed by atoms with van der Waals surface area (Å²) in [4.78, 5) is 17.9. The lowest BCUT2D eigenvalue weighted by molar-refractivity contribution is -0.127. The molecule has 1 aliphatic rings. The van der Waals surface area contributed by atoms with Crippen molar-refractivity contribution in [3.63, 3.8) is 0 Å². The first-order chi connectivity index (χ1) is 14.6. The number of halogens is 1. The summed E-state index contributed by atoms with van der Waals surface area (Å²) in [5.41, 5.74) is 1.21. The van der Waals surface area contributed by atoms with Crippen LogP contribution in [0.1, 0.15) is 44.1 Å². The highest BCUT2D eigenvalue weighted by molar-refractivity contribution is 14.0. The van der Waals surface area contributed by atoms with E-state index < -0.39 is 0 Å². The Hall–Kier alpha value is -1.55. The molecule has 0 aliphatic heterocycles. The Balaban J connectivity index is 0.00000480. The number of nitrogens with zero attached hydrogens (tertiary/aromatic N) is 2. The van der Waals surface area contributed by atoms with Gasteiger partial charge in [0.2, 0.25) is 5.91 Å². The van der Waals surface area contributed by atoms with Crippen molar-refractivity contribution in [3.05, 3.63) is 29.8 Å². The number of benzene rings is 1. The SMILES string of the molecule is COc1ccc(CCNC(=NCC(=O)N(C)C)NCCOC2CCCCCC2)cc1.I. The molecule has 1 aromatic carbocycles. The molecule has 1 amide bonds. The fraction of sp³-hybridized carbons (Fsp3) is 0.652. The monoisotopic (exact) mass is 546 g/mol. The Morgan fingerprint density at radius 2 is 1.71 bits per heavy atom. The van der Waals surface area contributed by atoms with Crippen LogP contribution < -0.4 is 15.4 Å². The molecule has 8 heteroatoms. The van der Waals surface area contributed by atoms with Gasteiger partial charge in [-0.05, 0) is 37.0 Å². The molecule has 0 spiro atoms. The number of aliphatic imine (C=N–C) groups is 1. The molecule has 176 valence electrons. The number of ether oxygens (including phenoxy) is 2. The number of rotatable bonds is 10. The van der Waals surface area contributed by atoms with Gasteiger partial charge < -0.3 is 25.0 Å². The van der Waals surface area contributed by atoms with Crippen molar-refractivity contribution in [2.24, 2.45) is 4.99 Å². The molecule has 31 heavy (non-hydrogen) atoms. The highest BCUT2D eigenvalue weighted by atomic mass is 127. The number of carbonyl (C=O) groups is 1. The Bertz CT molecular complexity index is 645. The fourth-order valence-corrected chi connectivity index (χ4v) is 3.38. The lowest BCUT2D eigenvalue weighted by Gasteiger charge is -2.17. The number of amides is 1. The van der Waals surface area contributed by atoms with Gasteiger partial charge in [0.1, 0.15) is 12.3 Å². The summed E-state index contributed by atoms with van der Waals surface area (Å²) in [5.74, 6) is 1.47. The average Bonchev–Trinajstić information content (AvgIpc) is 3.03. The van der Waals surface area contributed by atoms with E-state index in [4.69, 9.17) is 9.47 Å². The first-order valence-electron chi connectivity index (χ1n) is 11.1. The quantitative estimate of drug-likeness (QED) is 0.155. The fourth-order valence-electron chi connectivity index (χ4n) is 3.38. The highest BCUT2D eigenvalue weighted by Gasteiger charge is 2.12. The first kappa shape index (κ1) is 27.5. The van der Waals surface area contributed by atoms with Gasteiger partial charge in [-0.2, -0.15) is 0 Å². The molecule has 2 N–H and O–H groups in total. The van der Waals surface area contributed by atoms with E-state index in [1.807, 2.05) is 12.1 Å². The molecule has 1 aromatic rings. The third-order valence-corrected chi connectivity index (χ3v) is 5.29. The van der Waals surface area contributed by atoms with Crippen LogP contribution in [0.5, 0.6) is 5.75 Å². The smallest absolute Gasteiger partial charge is 0.243 e. The van der Waals surface area contributed by atoms with Gasteiger partial charge in [0.15, 0.2) is 5.96 Å². The van der Waals surface area contributed by atoms with Crippen molar-refractivity contribution in [3.8, 4) is 5.75 Å². The van der Waals surface area contributed by atoms with E-state index in [9.17, 15) is 4.79 Å². The van der Waals surface area contributed by atoms with E-state index in [2.05, 4.69) is 27.8 Å². The molecule has 7 nitrogen and oxygen atoms in total. The summed E-state index contributed by atoms with van der Waals surface area (Å²) in [5, 5.41) is 6.62. The van der Waals surface area contributed by atoms with Crippen LogP contribution in [0.4, 0.5) is 0 Å². The standard InChI is InChI=1S/C23H38N4O3.HI/c1-27(2)22(28)18-26-23(24-15-14-19-10-12-20(29-3)13-11-19)25-16-17-30-21-8-6-4-5-7-9-21;/h10-13,21H,4-9,14-18H2,1-3H3,(H2,24,25,26);1H. The van der Waals surface area contributed by atoms with E-state index in [0.717, 1.165) is 18.7 Å². The molecule has 0 heterocycles. The van der Waals surface area contributed by atoms with Crippen LogP contribution in [0.15, 0.2) is 29.3 Å². The summed E-state index contributed by atoms with van der Waals surface area (Å²) in [6.07, 6.45) is 8.75. The van der Waals surface area contributed by atoms with Crippen LogP contribution in [0.2, 0.25) is 0 Å². The molecule has 0 saturated heterocycles. The molecular weight excluding hydrogens is 507 g/mol. The number of hydrogen-bond acceptors (Lipinski definition) is 4. The first-order valence-corrected chi connectivity index (χ1v) is 11.1. The number of methoxy groups -OCH3 is 1. The van der Waals surface area contributed by atoms with Crippen molar-refractivity contribution in [2.75, 3.05) is 47.4 Å². The van der Waals surface area contributed by atoms with E-state index in [1.54, 1.807) is 26.1 Å². The van der Waals surface area contributed by atoms with Gasteiger partial charge in [0, 0.05) is 27.2 Å². The van der Waals surface area contributed by atoms with Gasteiger partial charge in [-0.3, -0.25) is 4.79 Å². The van der Waals surface area contributed by atoms with Crippen molar-refractivity contribution in [1.82, 2.24) is 15.5 Å². The predicted octanol–water partition coefficient (Wildman–Crippen LogP) is 3.22. The van der Waals surface area contributed by atoms with Crippen LogP contribution in [0.25, 0.3) is 0 Å². The second-order valence-electron chi connectivity index (χ2n) is 7.89. The van der Waals surface area contributed by atoms with Crippen LogP contribution in [0.3, 0.4) is 0 Å². The third kappa shape index (κ3) is 11.6. The summed E-state index contributed by atoms with van der Waals surface area (Å²) in [7, 11) is 5.14. The van der Waals surface area contributed by atoms with Gasteiger partial charge in [0.25, 0.3) is 0 Å². The summed E-state index contributed by atoms with van der Waals surface area (Å²) >= 11 is 0. The Labute approximate surface area is 204 Å². The van der Waals surface area contributed by atoms with Crippen molar-refractivity contribution >= 4 is 35.8 Å². The molecule has 1 aliphatic carbocycles. The predicted molar refractivity (Wildman–Crippen MR) is 137 cm³/mol. The Kier molecular flexibility index (Phi) is 14.3. The summed E-state index contributed by atoms with van der Waals surface area (Å²) in [6.45, 7) is 2.15. The van der Waals surface area contributed by atoms with Crippen molar-refractivity contribution in [2.45, 2.75) is 51.0 Å². The largest absolute Gasteiger partial charge is 0.497 e. The zero-order chi connectivity index (χ0) is 21.6. The maximum absolute atomic E-state index is 11.9. The van der Waals surface area contributed by atoms with Gasteiger partial charge in [-0.25, -0.2) is 4.99 Å². The topological polar surface area (TPSA) is 75.2 Å². The molecule has 0 unspecified atom stereocenters. The van der Waals surface area contributed by atoms with E-state index in [-0.39, 0.29) is 36.4 Å². The maximum atomic E-state index is 11.9. The molecule has 0 aromatic heterocycles. The highest BCUT2D eigenvalue weighted by Crippen LogP contribution is 2.19. The summed E-state index contributed by atoms with van der Waals surface area (Å²) in [6, 6.07) is 8.04. The lowest BCUT2D eigenvalue weighted by atomic mass is 10.1. The van der Waals surface area contributed by atoms with Crippen LogP contribution in [-0.2, 0) is 16.0 Å². The molecule has 2 rings (SSSR count). The van der Waals surface area contributed by atoms with Crippen LogP contribution in [-0.4, -0.2) is 70.3 Å². The molecule has 0 atom stereocenters. The van der Waals surface area contributed by atoms with Gasteiger partial charge in [-0.15, -0.1) is 24.0 Å². The minimum atomic E-state index is -0.0269. The van der Waals surface area contributed by atoms with Crippen LogP contribution in [0, 0.1) is 0 Å². The second kappa shape index (κ2) is 16.1. The zero-order valence-corrected chi connectivity index (χ0v) is 21.5. The second-order valence-corrected chi connectivity index (χ2v) is 7.89. The lowest BCUT2D eigenvalue weighted by Crippen LogP contribution is -2.41. The molecular formula is C23H39IN4O3. The van der Waals surface area contributed by atoms with E-state index in [0.29, 0.717) is 25.2 Å².